The van der Waals surface area contributed by atoms with Gasteiger partial charge in [0.05, 0.1) is 0 Å². The van der Waals surface area contributed by atoms with Gasteiger partial charge in [-0.3, -0.25) is 9.59 Å². The summed E-state index contributed by atoms with van der Waals surface area (Å²) in [5.41, 5.74) is 4.02. The highest BCUT2D eigenvalue weighted by atomic mass is 79.9. The van der Waals surface area contributed by atoms with Gasteiger partial charge in [0.25, 0.3) is 5.91 Å². The van der Waals surface area contributed by atoms with Gasteiger partial charge in [-0.15, -0.1) is 0 Å². The molecule has 0 heterocycles. The predicted octanol–water partition coefficient (Wildman–Crippen LogP) is 6.00. The van der Waals surface area contributed by atoms with E-state index in [1.54, 1.807) is 4.90 Å². The van der Waals surface area contributed by atoms with Crippen LogP contribution < -0.4 is 10.1 Å². The number of ether oxygens (including phenoxy) is 1. The molecule has 6 heteroatoms. The minimum absolute atomic E-state index is 0.00443. The molecule has 3 aromatic rings. The highest BCUT2D eigenvalue weighted by Crippen LogP contribution is 2.22. The zero-order valence-corrected chi connectivity index (χ0v) is 23.0. The molecular formula is C30H35BrN2O3. The third-order valence-corrected chi connectivity index (χ3v) is 6.91. The molecular weight excluding hydrogens is 516 g/mol. The second kappa shape index (κ2) is 13.3. The minimum Gasteiger partial charge on any atom is -0.483 e. The van der Waals surface area contributed by atoms with Gasteiger partial charge in [-0.25, -0.2) is 0 Å². The van der Waals surface area contributed by atoms with Gasteiger partial charge in [-0.1, -0.05) is 77.5 Å². The Morgan fingerprint density at radius 2 is 1.67 bits per heavy atom. The maximum Gasteiger partial charge on any atom is 0.261 e. The molecule has 0 bridgehead atoms. The number of carbonyl (C=O) groups is 2. The average molecular weight is 552 g/mol. The quantitative estimate of drug-likeness (QED) is 0.318. The second-order valence-electron chi connectivity index (χ2n) is 9.16. The van der Waals surface area contributed by atoms with Gasteiger partial charge in [-0.05, 0) is 67.6 Å². The topological polar surface area (TPSA) is 58.6 Å². The molecule has 3 rings (SSSR count). The fraction of sp³-hybridized carbons (Fsp3) is 0.333. The van der Waals surface area contributed by atoms with E-state index in [4.69, 9.17) is 4.74 Å². The van der Waals surface area contributed by atoms with Crippen LogP contribution in [-0.2, 0) is 22.6 Å². The van der Waals surface area contributed by atoms with Crippen molar-refractivity contribution in [3.05, 3.63) is 99.5 Å². The number of rotatable bonds is 11. The van der Waals surface area contributed by atoms with E-state index in [1.807, 2.05) is 100 Å². The molecule has 36 heavy (non-hydrogen) atoms. The molecule has 0 spiro atoms. The molecule has 190 valence electrons. The van der Waals surface area contributed by atoms with E-state index in [0.717, 1.165) is 33.1 Å². The first-order valence-corrected chi connectivity index (χ1v) is 13.1. The van der Waals surface area contributed by atoms with Crippen LogP contribution in [0.1, 0.15) is 42.5 Å². The van der Waals surface area contributed by atoms with Crippen LogP contribution in [0.2, 0.25) is 0 Å². The average Bonchev–Trinajstić information content (AvgIpc) is 2.87. The summed E-state index contributed by atoms with van der Waals surface area (Å²) in [6.07, 6.45) is 1.21. The Balaban J connectivity index is 1.93. The number of halogens is 1. The molecule has 0 saturated heterocycles. The normalized spacial score (nSPS) is 12.5. The van der Waals surface area contributed by atoms with Crippen LogP contribution in [0.15, 0.2) is 77.3 Å². The standard InChI is InChI=1S/C30H35BrN2O3/c1-5-22(3)32-30(35)27(18-24-12-7-6-8-13-24)33(19-25-14-10-15-26(31)17-25)29(34)20-36-28-16-9-11-21(2)23(28)4/h6-17,22,27H,5,18-20H2,1-4H3,(H,32,35)/t22-,27+/m1/s1. The molecule has 0 unspecified atom stereocenters. The second-order valence-corrected chi connectivity index (χ2v) is 10.1. The zero-order valence-electron chi connectivity index (χ0n) is 21.5. The summed E-state index contributed by atoms with van der Waals surface area (Å²) in [4.78, 5) is 28.9. The number of nitrogens with one attached hydrogen (secondary N) is 1. The van der Waals surface area contributed by atoms with Gasteiger partial charge >= 0.3 is 0 Å². The number of benzene rings is 3. The first kappa shape index (κ1) is 27.5. The third kappa shape index (κ3) is 7.69. The van der Waals surface area contributed by atoms with E-state index in [0.29, 0.717) is 18.7 Å². The summed E-state index contributed by atoms with van der Waals surface area (Å²) in [6.45, 7) is 8.13. The first-order chi connectivity index (χ1) is 17.3. The Morgan fingerprint density at radius 3 is 2.36 bits per heavy atom. The summed E-state index contributed by atoms with van der Waals surface area (Å²) in [7, 11) is 0. The smallest absolute Gasteiger partial charge is 0.261 e. The fourth-order valence-corrected chi connectivity index (χ4v) is 4.38. The van der Waals surface area contributed by atoms with Crippen molar-refractivity contribution in [1.29, 1.82) is 0 Å². The van der Waals surface area contributed by atoms with Crippen molar-refractivity contribution >= 4 is 27.7 Å². The summed E-state index contributed by atoms with van der Waals surface area (Å²) in [5, 5.41) is 3.09. The lowest BCUT2D eigenvalue weighted by Crippen LogP contribution is -2.53. The molecule has 1 N–H and O–H groups in total. The maximum atomic E-state index is 13.7. The number of hydrogen-bond acceptors (Lipinski definition) is 3. The van der Waals surface area contributed by atoms with Crippen LogP contribution in [0.3, 0.4) is 0 Å². The number of carbonyl (C=O) groups excluding carboxylic acids is 2. The molecule has 2 amide bonds. The molecule has 0 aliphatic heterocycles. The van der Waals surface area contributed by atoms with Crippen LogP contribution >= 0.6 is 15.9 Å². The van der Waals surface area contributed by atoms with Crippen LogP contribution in [0, 0.1) is 13.8 Å². The Hall–Kier alpha value is -3.12. The largest absolute Gasteiger partial charge is 0.483 e. The van der Waals surface area contributed by atoms with Crippen molar-refractivity contribution in [2.24, 2.45) is 0 Å². The van der Waals surface area contributed by atoms with E-state index in [1.165, 1.54) is 0 Å². The van der Waals surface area contributed by atoms with E-state index in [9.17, 15) is 9.59 Å². The molecule has 0 radical (unpaired) electrons. The number of amides is 2. The summed E-state index contributed by atoms with van der Waals surface area (Å²) in [5.74, 6) is 0.272. The monoisotopic (exact) mass is 550 g/mol. The first-order valence-electron chi connectivity index (χ1n) is 12.4. The van der Waals surface area contributed by atoms with Crippen molar-refractivity contribution in [2.75, 3.05) is 6.61 Å². The van der Waals surface area contributed by atoms with Gasteiger partial charge in [0.1, 0.15) is 11.8 Å². The van der Waals surface area contributed by atoms with Crippen molar-refractivity contribution in [1.82, 2.24) is 10.2 Å². The molecule has 0 fully saturated rings. The Morgan fingerprint density at radius 1 is 0.972 bits per heavy atom. The molecule has 0 aliphatic carbocycles. The van der Waals surface area contributed by atoms with Gasteiger partial charge in [-0.2, -0.15) is 0 Å². The van der Waals surface area contributed by atoms with Gasteiger partial charge in [0.2, 0.25) is 5.91 Å². The SMILES string of the molecule is CC[C@@H](C)NC(=O)[C@H](Cc1ccccc1)N(Cc1cccc(Br)c1)C(=O)COc1cccc(C)c1C. The molecule has 0 aliphatic rings. The number of hydrogen-bond donors (Lipinski definition) is 1. The summed E-state index contributed by atoms with van der Waals surface area (Å²) in [6, 6.07) is 22.7. The third-order valence-electron chi connectivity index (χ3n) is 6.42. The maximum absolute atomic E-state index is 13.7. The number of nitrogens with zero attached hydrogens (tertiary/aromatic N) is 1. The lowest BCUT2D eigenvalue weighted by atomic mass is 10.0. The van der Waals surface area contributed by atoms with Crippen molar-refractivity contribution in [3.63, 3.8) is 0 Å². The van der Waals surface area contributed by atoms with Crippen LogP contribution in [0.5, 0.6) is 5.75 Å². The van der Waals surface area contributed by atoms with Crippen molar-refractivity contribution in [2.45, 2.75) is 59.2 Å². The van der Waals surface area contributed by atoms with E-state index in [-0.39, 0.29) is 24.5 Å². The van der Waals surface area contributed by atoms with Gasteiger partial charge in [0, 0.05) is 23.5 Å². The van der Waals surface area contributed by atoms with Crippen LogP contribution in [0.25, 0.3) is 0 Å². The molecule has 2 atom stereocenters. The highest BCUT2D eigenvalue weighted by Gasteiger charge is 2.31. The van der Waals surface area contributed by atoms with Gasteiger partial charge in [0.15, 0.2) is 6.61 Å². The van der Waals surface area contributed by atoms with Crippen LogP contribution in [-0.4, -0.2) is 35.4 Å². The van der Waals surface area contributed by atoms with E-state index in [2.05, 4.69) is 21.2 Å². The zero-order chi connectivity index (χ0) is 26.1. The molecule has 0 saturated carbocycles. The predicted molar refractivity (Wildman–Crippen MR) is 148 cm³/mol. The lowest BCUT2D eigenvalue weighted by Gasteiger charge is -2.32. The van der Waals surface area contributed by atoms with E-state index >= 15 is 0 Å². The Kier molecular flexibility index (Phi) is 10.1. The Labute approximate surface area is 223 Å². The van der Waals surface area contributed by atoms with Crippen LogP contribution in [0.4, 0.5) is 0 Å². The van der Waals surface area contributed by atoms with Gasteiger partial charge < -0.3 is 15.0 Å². The summed E-state index contributed by atoms with van der Waals surface area (Å²) < 4.78 is 6.89. The van der Waals surface area contributed by atoms with Crippen molar-refractivity contribution in [3.8, 4) is 5.75 Å². The minimum atomic E-state index is -0.685. The number of aryl methyl sites for hydroxylation is 1. The molecule has 5 nitrogen and oxygen atoms in total. The Bertz CT molecular complexity index is 1170. The summed E-state index contributed by atoms with van der Waals surface area (Å²) >= 11 is 3.52. The molecule has 0 aromatic heterocycles. The highest BCUT2D eigenvalue weighted by molar-refractivity contribution is 9.10. The lowest BCUT2D eigenvalue weighted by molar-refractivity contribution is -0.143. The van der Waals surface area contributed by atoms with E-state index < -0.39 is 6.04 Å². The fourth-order valence-electron chi connectivity index (χ4n) is 3.93. The molecule has 3 aromatic carbocycles. The van der Waals surface area contributed by atoms with Crippen molar-refractivity contribution < 1.29 is 14.3 Å².